The van der Waals surface area contributed by atoms with Crippen molar-refractivity contribution < 1.29 is 14.3 Å². The smallest absolute Gasteiger partial charge is 0.245 e. The molecule has 0 radical (unpaired) electrons. The maximum atomic E-state index is 12.2. The van der Waals surface area contributed by atoms with Crippen LogP contribution < -0.4 is 5.73 Å². The zero-order chi connectivity index (χ0) is 12.4. The van der Waals surface area contributed by atoms with E-state index in [9.17, 15) is 9.59 Å². The standard InChI is InChI=1S/C11H19N3O3/c1-8(14-3-2-9(12)11(14)16)10(15)13-4-6-17-7-5-13/h8-9H,2-7,12H2,1H3. The van der Waals surface area contributed by atoms with Crippen LogP contribution in [0, 0.1) is 0 Å². The summed E-state index contributed by atoms with van der Waals surface area (Å²) in [5.74, 6) is -0.116. The van der Waals surface area contributed by atoms with Gasteiger partial charge in [0.2, 0.25) is 11.8 Å². The summed E-state index contributed by atoms with van der Waals surface area (Å²) in [6.45, 7) is 4.72. The zero-order valence-corrected chi connectivity index (χ0v) is 10.1. The summed E-state index contributed by atoms with van der Waals surface area (Å²) in [7, 11) is 0. The van der Waals surface area contributed by atoms with E-state index in [0.29, 0.717) is 39.3 Å². The van der Waals surface area contributed by atoms with Crippen LogP contribution in [0.15, 0.2) is 0 Å². The molecule has 17 heavy (non-hydrogen) atoms. The van der Waals surface area contributed by atoms with Crippen molar-refractivity contribution in [2.24, 2.45) is 5.73 Å². The topological polar surface area (TPSA) is 75.9 Å². The summed E-state index contributed by atoms with van der Waals surface area (Å²) in [6, 6.07) is -0.843. The number of nitrogens with zero attached hydrogens (tertiary/aromatic N) is 2. The van der Waals surface area contributed by atoms with Gasteiger partial charge in [-0.25, -0.2) is 0 Å². The third-order valence-electron chi connectivity index (χ3n) is 3.43. The molecular formula is C11H19N3O3. The van der Waals surface area contributed by atoms with Gasteiger partial charge in [0.1, 0.15) is 6.04 Å². The highest BCUT2D eigenvalue weighted by Gasteiger charge is 2.36. The summed E-state index contributed by atoms with van der Waals surface area (Å²) in [5.41, 5.74) is 5.65. The molecule has 0 bridgehead atoms. The third-order valence-corrected chi connectivity index (χ3v) is 3.43. The molecule has 2 heterocycles. The summed E-state index contributed by atoms with van der Waals surface area (Å²) in [4.78, 5) is 27.3. The Bertz CT molecular complexity index is 315. The minimum Gasteiger partial charge on any atom is -0.378 e. The Morgan fingerprint density at radius 3 is 2.59 bits per heavy atom. The lowest BCUT2D eigenvalue weighted by molar-refractivity contribution is -0.145. The van der Waals surface area contributed by atoms with Gasteiger partial charge < -0.3 is 20.3 Å². The van der Waals surface area contributed by atoms with Gasteiger partial charge in [0, 0.05) is 19.6 Å². The molecule has 2 aliphatic heterocycles. The van der Waals surface area contributed by atoms with Gasteiger partial charge in [0.05, 0.1) is 19.3 Å². The molecule has 2 atom stereocenters. The van der Waals surface area contributed by atoms with Crippen molar-refractivity contribution in [3.05, 3.63) is 0 Å². The number of ether oxygens (including phenoxy) is 1. The van der Waals surface area contributed by atoms with Crippen molar-refractivity contribution >= 4 is 11.8 Å². The minimum atomic E-state index is -0.435. The summed E-state index contributed by atoms with van der Waals surface area (Å²) in [5, 5.41) is 0. The van der Waals surface area contributed by atoms with Crippen molar-refractivity contribution in [2.75, 3.05) is 32.8 Å². The number of amides is 2. The maximum Gasteiger partial charge on any atom is 0.245 e. The molecule has 2 rings (SSSR count). The molecule has 6 nitrogen and oxygen atoms in total. The van der Waals surface area contributed by atoms with Crippen LogP contribution in [0.2, 0.25) is 0 Å². The van der Waals surface area contributed by atoms with Crippen LogP contribution in [-0.2, 0) is 14.3 Å². The molecule has 96 valence electrons. The molecule has 0 aliphatic carbocycles. The summed E-state index contributed by atoms with van der Waals surface area (Å²) in [6.07, 6.45) is 0.638. The van der Waals surface area contributed by atoms with E-state index in [-0.39, 0.29) is 11.8 Å². The average molecular weight is 241 g/mol. The predicted molar refractivity (Wildman–Crippen MR) is 61.2 cm³/mol. The largest absolute Gasteiger partial charge is 0.378 e. The Kier molecular flexibility index (Phi) is 3.63. The molecule has 0 aromatic carbocycles. The van der Waals surface area contributed by atoms with E-state index in [2.05, 4.69) is 0 Å². The van der Waals surface area contributed by atoms with Gasteiger partial charge in [0.25, 0.3) is 0 Å². The van der Waals surface area contributed by atoms with Crippen LogP contribution in [0.25, 0.3) is 0 Å². The number of hydrogen-bond donors (Lipinski definition) is 1. The van der Waals surface area contributed by atoms with Crippen molar-refractivity contribution in [1.29, 1.82) is 0 Å². The van der Waals surface area contributed by atoms with Gasteiger partial charge in [-0.3, -0.25) is 9.59 Å². The molecule has 2 unspecified atom stereocenters. The molecule has 2 aliphatic rings. The Labute approximate surface area is 101 Å². The zero-order valence-electron chi connectivity index (χ0n) is 10.1. The SMILES string of the molecule is CC(C(=O)N1CCOCC1)N1CCC(N)C1=O. The molecule has 2 N–H and O–H groups in total. The van der Waals surface area contributed by atoms with Crippen molar-refractivity contribution in [3.8, 4) is 0 Å². The molecule has 2 amide bonds. The second-order valence-corrected chi connectivity index (χ2v) is 4.54. The Hall–Kier alpha value is -1.14. The number of morpholine rings is 1. The third kappa shape index (κ3) is 2.42. The average Bonchev–Trinajstić information content (AvgIpc) is 2.69. The summed E-state index contributed by atoms with van der Waals surface area (Å²) < 4.78 is 5.20. The number of carbonyl (C=O) groups is 2. The van der Waals surface area contributed by atoms with Crippen LogP contribution in [0.3, 0.4) is 0 Å². The molecule has 6 heteroatoms. The van der Waals surface area contributed by atoms with E-state index >= 15 is 0 Å². The lowest BCUT2D eigenvalue weighted by Crippen LogP contribution is -2.52. The van der Waals surface area contributed by atoms with E-state index in [1.807, 2.05) is 0 Å². The first-order valence-corrected chi connectivity index (χ1v) is 6.04. The Balaban J connectivity index is 1.97. The first-order chi connectivity index (χ1) is 8.11. The predicted octanol–water partition coefficient (Wildman–Crippen LogP) is -1.21. The fourth-order valence-corrected chi connectivity index (χ4v) is 2.29. The first kappa shape index (κ1) is 12.3. The van der Waals surface area contributed by atoms with E-state index in [0.717, 1.165) is 0 Å². The molecule has 2 saturated heterocycles. The monoisotopic (exact) mass is 241 g/mol. The van der Waals surface area contributed by atoms with Gasteiger partial charge >= 0.3 is 0 Å². The van der Waals surface area contributed by atoms with Gasteiger partial charge in [-0.15, -0.1) is 0 Å². The molecule has 0 aromatic heterocycles. The minimum absolute atomic E-state index is 0.00394. The van der Waals surface area contributed by atoms with E-state index in [1.54, 1.807) is 16.7 Å². The van der Waals surface area contributed by atoms with E-state index in [1.165, 1.54) is 0 Å². The first-order valence-electron chi connectivity index (χ1n) is 6.04. The van der Waals surface area contributed by atoms with Crippen LogP contribution >= 0.6 is 0 Å². The molecule has 2 fully saturated rings. The molecular weight excluding hydrogens is 222 g/mol. The Morgan fingerprint density at radius 1 is 1.41 bits per heavy atom. The highest BCUT2D eigenvalue weighted by Crippen LogP contribution is 2.15. The van der Waals surface area contributed by atoms with Crippen molar-refractivity contribution in [1.82, 2.24) is 9.80 Å². The fourth-order valence-electron chi connectivity index (χ4n) is 2.29. The number of hydrogen-bond acceptors (Lipinski definition) is 4. The molecule has 0 aromatic rings. The van der Waals surface area contributed by atoms with E-state index < -0.39 is 12.1 Å². The number of nitrogens with two attached hydrogens (primary N) is 1. The van der Waals surface area contributed by atoms with Gasteiger partial charge in [-0.05, 0) is 13.3 Å². The lowest BCUT2D eigenvalue weighted by atomic mass is 10.2. The summed E-state index contributed by atoms with van der Waals surface area (Å²) >= 11 is 0. The number of carbonyl (C=O) groups excluding carboxylic acids is 2. The van der Waals surface area contributed by atoms with Crippen molar-refractivity contribution in [2.45, 2.75) is 25.4 Å². The van der Waals surface area contributed by atoms with Crippen LogP contribution in [-0.4, -0.2) is 66.5 Å². The van der Waals surface area contributed by atoms with E-state index in [4.69, 9.17) is 10.5 Å². The fraction of sp³-hybridized carbons (Fsp3) is 0.818. The maximum absolute atomic E-state index is 12.2. The molecule has 0 spiro atoms. The highest BCUT2D eigenvalue weighted by atomic mass is 16.5. The van der Waals surface area contributed by atoms with Crippen molar-refractivity contribution in [3.63, 3.8) is 0 Å². The normalized spacial score (nSPS) is 27.4. The second-order valence-electron chi connectivity index (χ2n) is 4.54. The van der Waals surface area contributed by atoms with Crippen LogP contribution in [0.5, 0.6) is 0 Å². The number of likely N-dealkylation sites (tertiary alicyclic amines) is 1. The van der Waals surface area contributed by atoms with Gasteiger partial charge in [-0.2, -0.15) is 0 Å². The van der Waals surface area contributed by atoms with Gasteiger partial charge in [0.15, 0.2) is 0 Å². The highest BCUT2D eigenvalue weighted by molar-refractivity contribution is 5.90. The van der Waals surface area contributed by atoms with Crippen LogP contribution in [0.1, 0.15) is 13.3 Å². The van der Waals surface area contributed by atoms with Gasteiger partial charge in [-0.1, -0.05) is 0 Å². The molecule has 0 saturated carbocycles. The quantitative estimate of drug-likeness (QED) is 0.658. The Morgan fingerprint density at radius 2 is 2.06 bits per heavy atom. The van der Waals surface area contributed by atoms with Crippen LogP contribution in [0.4, 0.5) is 0 Å². The lowest BCUT2D eigenvalue weighted by Gasteiger charge is -2.32. The number of rotatable bonds is 2. The second kappa shape index (κ2) is 5.01.